The molecule has 1 aromatic heterocycles. The van der Waals surface area contributed by atoms with Crippen LogP contribution in [-0.4, -0.2) is 4.57 Å². The standard InChI is InChI=1S/C30H33NS/c1-29(2,3)21-17-18-32(20-21)22-15-16-27-24(19-22)23-11-7-9-13-26(23)31(27)28-14-10-8-12-25(28)30(4,5)6/h7-20,32H,1-6H3. The lowest BCUT2D eigenvalue weighted by molar-refractivity contribution is 0.519. The van der Waals surface area contributed by atoms with E-state index in [1.807, 2.05) is 0 Å². The summed E-state index contributed by atoms with van der Waals surface area (Å²) in [5.74, 6) is 0. The highest BCUT2D eigenvalue weighted by Crippen LogP contribution is 2.49. The number of benzene rings is 3. The lowest BCUT2D eigenvalue weighted by Crippen LogP contribution is -2.15. The SMILES string of the molecule is CC(C)(C)C1=C[SH](c2ccc3c(c2)c2ccccc2n3-c2ccccc2C(C)(C)C)C=C1. The largest absolute Gasteiger partial charge is 0.309 e. The molecule has 1 aliphatic heterocycles. The van der Waals surface area contributed by atoms with Crippen molar-refractivity contribution in [1.29, 1.82) is 0 Å². The van der Waals surface area contributed by atoms with E-state index in [0.29, 0.717) is 0 Å². The van der Waals surface area contributed by atoms with Crippen LogP contribution in [0.25, 0.3) is 27.5 Å². The Balaban J connectivity index is 1.74. The molecule has 1 atom stereocenters. The van der Waals surface area contributed by atoms with Gasteiger partial charge in [-0.25, -0.2) is 0 Å². The van der Waals surface area contributed by atoms with Gasteiger partial charge in [0.1, 0.15) is 0 Å². The molecule has 3 aromatic carbocycles. The number of allylic oxidation sites excluding steroid dienone is 2. The highest BCUT2D eigenvalue weighted by atomic mass is 32.2. The molecule has 164 valence electrons. The molecule has 4 aromatic rings. The van der Waals surface area contributed by atoms with E-state index < -0.39 is 10.9 Å². The molecule has 0 amide bonds. The van der Waals surface area contributed by atoms with Gasteiger partial charge >= 0.3 is 0 Å². The summed E-state index contributed by atoms with van der Waals surface area (Å²) in [7, 11) is -0.394. The molecule has 0 aliphatic carbocycles. The smallest absolute Gasteiger partial charge is 0.0541 e. The Morgan fingerprint density at radius 1 is 0.688 bits per heavy atom. The number of aromatic nitrogens is 1. The summed E-state index contributed by atoms with van der Waals surface area (Å²) >= 11 is 0. The van der Waals surface area contributed by atoms with Gasteiger partial charge in [0.25, 0.3) is 0 Å². The molecule has 0 saturated heterocycles. The van der Waals surface area contributed by atoms with Gasteiger partial charge in [-0.15, -0.1) is 0 Å². The highest BCUT2D eigenvalue weighted by molar-refractivity contribution is 8.22. The Kier molecular flexibility index (Phi) is 4.90. The molecule has 2 heterocycles. The molecule has 1 aliphatic rings. The average molecular weight is 440 g/mol. The summed E-state index contributed by atoms with van der Waals surface area (Å²) in [6.45, 7) is 13.8. The highest BCUT2D eigenvalue weighted by Gasteiger charge is 2.23. The maximum atomic E-state index is 2.49. The van der Waals surface area contributed by atoms with Crippen LogP contribution in [0.3, 0.4) is 0 Å². The monoisotopic (exact) mass is 439 g/mol. The van der Waals surface area contributed by atoms with Crippen LogP contribution in [0, 0.1) is 5.41 Å². The number of hydrogen-bond acceptors (Lipinski definition) is 0. The molecule has 0 spiro atoms. The molecule has 0 N–H and O–H groups in total. The van der Waals surface area contributed by atoms with Crippen molar-refractivity contribution in [2.45, 2.75) is 51.9 Å². The molecule has 32 heavy (non-hydrogen) atoms. The summed E-state index contributed by atoms with van der Waals surface area (Å²) < 4.78 is 2.46. The van der Waals surface area contributed by atoms with Crippen LogP contribution in [0.2, 0.25) is 0 Å². The van der Waals surface area contributed by atoms with Crippen molar-refractivity contribution in [2.24, 2.45) is 5.41 Å². The first-order chi connectivity index (χ1) is 15.1. The van der Waals surface area contributed by atoms with Crippen molar-refractivity contribution in [2.75, 3.05) is 0 Å². The van der Waals surface area contributed by atoms with Crippen molar-refractivity contribution in [3.8, 4) is 5.69 Å². The molecule has 0 saturated carbocycles. The zero-order valence-electron chi connectivity index (χ0n) is 20.0. The Morgan fingerprint density at radius 2 is 1.38 bits per heavy atom. The van der Waals surface area contributed by atoms with E-state index in [1.54, 1.807) is 0 Å². The summed E-state index contributed by atoms with van der Waals surface area (Å²) in [5.41, 5.74) is 6.92. The fourth-order valence-electron chi connectivity index (χ4n) is 4.68. The maximum Gasteiger partial charge on any atom is 0.0541 e. The minimum Gasteiger partial charge on any atom is -0.309 e. The van der Waals surface area contributed by atoms with Crippen LogP contribution in [0.4, 0.5) is 0 Å². The zero-order chi connectivity index (χ0) is 22.7. The molecule has 1 unspecified atom stereocenters. The van der Waals surface area contributed by atoms with Gasteiger partial charge < -0.3 is 4.57 Å². The van der Waals surface area contributed by atoms with Gasteiger partial charge in [-0.1, -0.05) is 84.0 Å². The average Bonchev–Trinajstić information content (AvgIpc) is 3.36. The van der Waals surface area contributed by atoms with Gasteiger partial charge in [-0.2, -0.15) is 10.9 Å². The lowest BCUT2D eigenvalue weighted by atomic mass is 9.85. The van der Waals surface area contributed by atoms with Gasteiger partial charge in [0.15, 0.2) is 0 Å². The van der Waals surface area contributed by atoms with Crippen LogP contribution < -0.4 is 0 Å². The van der Waals surface area contributed by atoms with Crippen molar-refractivity contribution in [3.05, 3.63) is 94.8 Å². The third-order valence-electron chi connectivity index (χ3n) is 6.47. The normalized spacial score (nSPS) is 17.9. The van der Waals surface area contributed by atoms with E-state index in [0.717, 1.165) is 0 Å². The minimum absolute atomic E-state index is 0.0697. The Bertz CT molecular complexity index is 1390. The van der Waals surface area contributed by atoms with Gasteiger partial charge in [-0.3, -0.25) is 0 Å². The Labute approximate surface area is 194 Å². The van der Waals surface area contributed by atoms with Crippen molar-refractivity contribution >= 4 is 32.7 Å². The fourth-order valence-corrected chi connectivity index (χ4v) is 6.71. The van der Waals surface area contributed by atoms with Crippen LogP contribution in [0.5, 0.6) is 0 Å². The summed E-state index contributed by atoms with van der Waals surface area (Å²) in [4.78, 5) is 1.43. The number of nitrogens with zero attached hydrogens (tertiary/aromatic N) is 1. The first-order valence-electron chi connectivity index (χ1n) is 11.5. The molecule has 0 fully saturated rings. The summed E-state index contributed by atoms with van der Waals surface area (Å²) in [5, 5.41) is 7.57. The molecule has 0 bridgehead atoms. The first kappa shape index (κ1) is 21.2. The van der Waals surface area contributed by atoms with Crippen molar-refractivity contribution < 1.29 is 0 Å². The molecular formula is C30H33NS. The van der Waals surface area contributed by atoms with Gasteiger partial charge in [0.2, 0.25) is 0 Å². The third-order valence-corrected chi connectivity index (χ3v) is 8.37. The van der Waals surface area contributed by atoms with E-state index in [4.69, 9.17) is 0 Å². The molecule has 0 radical (unpaired) electrons. The van der Waals surface area contributed by atoms with Crippen LogP contribution >= 0.6 is 10.9 Å². The van der Waals surface area contributed by atoms with E-state index >= 15 is 0 Å². The zero-order valence-corrected chi connectivity index (χ0v) is 20.9. The second-order valence-electron chi connectivity index (χ2n) is 10.9. The van der Waals surface area contributed by atoms with Gasteiger partial charge in [0, 0.05) is 16.5 Å². The first-order valence-corrected chi connectivity index (χ1v) is 12.9. The Morgan fingerprint density at radius 3 is 2.09 bits per heavy atom. The quantitative estimate of drug-likeness (QED) is 0.298. The molecule has 1 nitrogen and oxygen atoms in total. The fraction of sp³-hybridized carbons (Fsp3) is 0.267. The predicted octanol–water partition coefficient (Wildman–Crippen LogP) is 8.90. The molecule has 2 heteroatoms. The third kappa shape index (κ3) is 3.51. The minimum atomic E-state index is -0.394. The van der Waals surface area contributed by atoms with Crippen LogP contribution in [-0.2, 0) is 5.41 Å². The topological polar surface area (TPSA) is 4.93 Å². The van der Waals surface area contributed by atoms with Crippen molar-refractivity contribution in [3.63, 3.8) is 0 Å². The maximum absolute atomic E-state index is 2.49. The lowest BCUT2D eigenvalue weighted by Gasteiger charge is -2.24. The second-order valence-corrected chi connectivity index (χ2v) is 12.8. The van der Waals surface area contributed by atoms with Gasteiger partial charge in [-0.05, 0) is 68.0 Å². The molecule has 5 rings (SSSR count). The van der Waals surface area contributed by atoms with E-state index in [1.165, 1.54) is 43.5 Å². The van der Waals surface area contributed by atoms with E-state index in [2.05, 4.69) is 130 Å². The molecular weight excluding hydrogens is 406 g/mol. The van der Waals surface area contributed by atoms with Crippen LogP contribution in [0.1, 0.15) is 47.1 Å². The van der Waals surface area contributed by atoms with Gasteiger partial charge in [0.05, 0.1) is 11.0 Å². The number of hydrogen-bond donors (Lipinski definition) is 1. The Hall–Kier alpha value is -2.71. The second kappa shape index (κ2) is 7.42. The van der Waals surface area contributed by atoms with E-state index in [9.17, 15) is 0 Å². The van der Waals surface area contributed by atoms with Crippen LogP contribution in [0.15, 0.2) is 94.1 Å². The number of thiol groups is 1. The number of para-hydroxylation sites is 2. The summed E-state index contributed by atoms with van der Waals surface area (Å²) in [6.07, 6.45) is 2.33. The number of fused-ring (bicyclic) bond motifs is 3. The van der Waals surface area contributed by atoms with Crippen molar-refractivity contribution in [1.82, 2.24) is 4.57 Å². The predicted molar refractivity (Wildman–Crippen MR) is 143 cm³/mol. The van der Waals surface area contributed by atoms with E-state index in [-0.39, 0.29) is 10.8 Å². The number of rotatable bonds is 2. The summed E-state index contributed by atoms with van der Waals surface area (Å²) in [6, 6.07) is 24.8.